The summed E-state index contributed by atoms with van der Waals surface area (Å²) in [5.74, 6) is -0.229. The van der Waals surface area contributed by atoms with Crippen LogP contribution < -0.4 is 10.1 Å². The van der Waals surface area contributed by atoms with E-state index >= 15 is 0 Å². The highest BCUT2D eigenvalue weighted by atomic mass is 19.1. The van der Waals surface area contributed by atoms with E-state index < -0.39 is 0 Å². The number of benzene rings is 3. The van der Waals surface area contributed by atoms with Gasteiger partial charge < -0.3 is 10.1 Å². The molecule has 0 unspecified atom stereocenters. The summed E-state index contributed by atoms with van der Waals surface area (Å²) in [6.07, 6.45) is 0. The summed E-state index contributed by atoms with van der Waals surface area (Å²) in [7, 11) is 0. The number of pyridine rings is 1. The quantitative estimate of drug-likeness (QED) is 0.533. The number of nitrogens with one attached hydrogen (secondary N) is 1. The van der Waals surface area contributed by atoms with Crippen LogP contribution in [0.5, 0.6) is 5.75 Å². The molecule has 0 bridgehead atoms. The molecule has 0 aliphatic rings. The zero-order valence-electron chi connectivity index (χ0n) is 14.9. The number of amides is 1. The second-order valence-corrected chi connectivity index (χ2v) is 6.23. The number of hydrogen-bond donors (Lipinski definition) is 1. The molecule has 0 saturated heterocycles. The Morgan fingerprint density at radius 3 is 2.50 bits per heavy atom. The molecule has 1 amide bonds. The van der Waals surface area contributed by atoms with Crippen LogP contribution in [0.2, 0.25) is 0 Å². The van der Waals surface area contributed by atoms with Crippen molar-refractivity contribution in [1.29, 1.82) is 0 Å². The van der Waals surface area contributed by atoms with Crippen LogP contribution in [0.25, 0.3) is 22.2 Å². The van der Waals surface area contributed by atoms with E-state index in [2.05, 4.69) is 5.32 Å². The smallest absolute Gasteiger partial charge is 0.262 e. The maximum atomic E-state index is 12.9. The lowest BCUT2D eigenvalue weighted by Crippen LogP contribution is -2.20. The van der Waals surface area contributed by atoms with Gasteiger partial charge in [-0.05, 0) is 42.5 Å². The van der Waals surface area contributed by atoms with Gasteiger partial charge in [0.25, 0.3) is 5.91 Å². The monoisotopic (exact) mass is 372 g/mol. The number of fused-ring (bicyclic) bond motifs is 1. The van der Waals surface area contributed by atoms with Gasteiger partial charge in [-0.3, -0.25) is 4.79 Å². The summed E-state index contributed by atoms with van der Waals surface area (Å²) < 4.78 is 18.3. The van der Waals surface area contributed by atoms with Crippen molar-refractivity contribution in [1.82, 2.24) is 4.98 Å². The fourth-order valence-electron chi connectivity index (χ4n) is 2.90. The first-order valence-corrected chi connectivity index (χ1v) is 8.82. The van der Waals surface area contributed by atoms with E-state index in [1.807, 2.05) is 60.7 Å². The van der Waals surface area contributed by atoms with Crippen molar-refractivity contribution >= 4 is 22.5 Å². The average molecular weight is 372 g/mol. The molecule has 4 nitrogen and oxygen atoms in total. The van der Waals surface area contributed by atoms with Crippen LogP contribution in [0, 0.1) is 5.82 Å². The highest BCUT2D eigenvalue weighted by molar-refractivity contribution is 5.96. The number of para-hydroxylation sites is 2. The zero-order valence-corrected chi connectivity index (χ0v) is 14.9. The number of carbonyl (C=O) groups is 1. The second kappa shape index (κ2) is 7.88. The number of hydrogen-bond acceptors (Lipinski definition) is 3. The fourth-order valence-corrected chi connectivity index (χ4v) is 2.90. The van der Waals surface area contributed by atoms with Crippen LogP contribution in [0.4, 0.5) is 10.1 Å². The Balaban J connectivity index is 1.52. The molecular weight excluding hydrogens is 355 g/mol. The van der Waals surface area contributed by atoms with Gasteiger partial charge in [-0.1, -0.05) is 42.5 Å². The van der Waals surface area contributed by atoms with Gasteiger partial charge in [0.1, 0.15) is 11.6 Å². The lowest BCUT2D eigenvalue weighted by molar-refractivity contribution is -0.118. The van der Waals surface area contributed by atoms with Gasteiger partial charge in [0.05, 0.1) is 16.9 Å². The molecular formula is C23H17FN2O2. The van der Waals surface area contributed by atoms with Crippen LogP contribution in [0.15, 0.2) is 84.9 Å². The molecule has 0 aliphatic carbocycles. The first-order valence-electron chi connectivity index (χ1n) is 8.82. The van der Waals surface area contributed by atoms with Crippen LogP contribution in [0.1, 0.15) is 0 Å². The first kappa shape index (κ1) is 17.7. The third kappa shape index (κ3) is 3.99. The number of rotatable bonds is 5. The third-order valence-electron chi connectivity index (χ3n) is 4.26. The Morgan fingerprint density at radius 1 is 0.893 bits per heavy atom. The van der Waals surface area contributed by atoms with Crippen molar-refractivity contribution in [2.45, 2.75) is 0 Å². The minimum Gasteiger partial charge on any atom is -0.484 e. The lowest BCUT2D eigenvalue weighted by Gasteiger charge is -2.12. The molecule has 4 aromatic rings. The predicted molar refractivity (Wildman–Crippen MR) is 108 cm³/mol. The molecule has 3 aromatic carbocycles. The van der Waals surface area contributed by atoms with Crippen molar-refractivity contribution in [3.8, 4) is 17.0 Å². The maximum Gasteiger partial charge on any atom is 0.262 e. The highest BCUT2D eigenvalue weighted by Crippen LogP contribution is 2.28. The van der Waals surface area contributed by atoms with E-state index in [1.165, 1.54) is 24.3 Å². The SMILES string of the molecule is O=C(COc1ccc(F)cc1)Nc1ccccc1-c1ccc2ccccc2n1. The van der Waals surface area contributed by atoms with Gasteiger partial charge in [-0.25, -0.2) is 9.37 Å². The van der Waals surface area contributed by atoms with Gasteiger partial charge in [0, 0.05) is 10.9 Å². The zero-order chi connectivity index (χ0) is 19.3. The van der Waals surface area contributed by atoms with Crippen LogP contribution in [0.3, 0.4) is 0 Å². The second-order valence-electron chi connectivity index (χ2n) is 6.23. The molecule has 0 radical (unpaired) electrons. The minimum atomic E-state index is -0.353. The summed E-state index contributed by atoms with van der Waals surface area (Å²) in [5.41, 5.74) is 3.14. The van der Waals surface area contributed by atoms with E-state index in [1.54, 1.807) is 0 Å². The topological polar surface area (TPSA) is 51.2 Å². The van der Waals surface area contributed by atoms with Crippen molar-refractivity contribution in [2.24, 2.45) is 0 Å². The van der Waals surface area contributed by atoms with Crippen molar-refractivity contribution in [3.05, 3.63) is 90.7 Å². The molecule has 0 saturated carbocycles. The molecule has 1 heterocycles. The van der Waals surface area contributed by atoms with Gasteiger partial charge in [-0.15, -0.1) is 0 Å². The molecule has 5 heteroatoms. The van der Waals surface area contributed by atoms with Gasteiger partial charge in [0.2, 0.25) is 0 Å². The molecule has 28 heavy (non-hydrogen) atoms. The van der Waals surface area contributed by atoms with Crippen molar-refractivity contribution in [3.63, 3.8) is 0 Å². The van der Waals surface area contributed by atoms with Gasteiger partial charge in [0.15, 0.2) is 6.61 Å². The van der Waals surface area contributed by atoms with Crippen LogP contribution in [-0.4, -0.2) is 17.5 Å². The number of nitrogens with zero attached hydrogens (tertiary/aromatic N) is 1. The molecule has 138 valence electrons. The Bertz CT molecular complexity index is 1130. The Hall–Kier alpha value is -3.73. The molecule has 0 aliphatic heterocycles. The largest absolute Gasteiger partial charge is 0.484 e. The van der Waals surface area contributed by atoms with E-state index in [0.29, 0.717) is 11.4 Å². The van der Waals surface area contributed by atoms with Crippen LogP contribution >= 0.6 is 0 Å². The van der Waals surface area contributed by atoms with Crippen molar-refractivity contribution in [2.75, 3.05) is 11.9 Å². The van der Waals surface area contributed by atoms with Gasteiger partial charge >= 0.3 is 0 Å². The third-order valence-corrected chi connectivity index (χ3v) is 4.26. The Morgan fingerprint density at radius 2 is 1.64 bits per heavy atom. The lowest BCUT2D eigenvalue weighted by atomic mass is 10.1. The van der Waals surface area contributed by atoms with E-state index in [4.69, 9.17) is 9.72 Å². The molecule has 1 N–H and O–H groups in total. The number of anilines is 1. The summed E-state index contributed by atoms with van der Waals surface area (Å²) in [6.45, 7) is -0.175. The first-order chi connectivity index (χ1) is 13.7. The van der Waals surface area contributed by atoms with E-state index in [0.717, 1.165) is 22.2 Å². The summed E-state index contributed by atoms with van der Waals surface area (Å²) in [6, 6.07) is 24.8. The standard InChI is InChI=1S/C23H17FN2O2/c24-17-10-12-18(13-11-17)28-15-23(27)26-21-8-4-2-6-19(21)22-14-9-16-5-1-3-7-20(16)25-22/h1-14H,15H2,(H,26,27). The Labute approximate surface area is 161 Å². The predicted octanol–water partition coefficient (Wildman–Crippen LogP) is 5.06. The van der Waals surface area contributed by atoms with Gasteiger partial charge in [-0.2, -0.15) is 0 Å². The molecule has 4 rings (SSSR count). The molecule has 0 atom stereocenters. The number of carbonyl (C=O) groups excluding carboxylic acids is 1. The minimum absolute atomic E-state index is 0.175. The normalized spacial score (nSPS) is 10.6. The highest BCUT2D eigenvalue weighted by Gasteiger charge is 2.10. The molecule has 1 aromatic heterocycles. The molecule has 0 fully saturated rings. The van der Waals surface area contributed by atoms with Crippen LogP contribution in [-0.2, 0) is 4.79 Å². The maximum absolute atomic E-state index is 12.9. The fraction of sp³-hybridized carbons (Fsp3) is 0.0435. The Kier molecular flexibility index (Phi) is 4.97. The van der Waals surface area contributed by atoms with Crippen molar-refractivity contribution < 1.29 is 13.9 Å². The number of ether oxygens (including phenoxy) is 1. The average Bonchev–Trinajstić information content (AvgIpc) is 2.73. The van der Waals surface area contributed by atoms with E-state index in [9.17, 15) is 9.18 Å². The number of halogens is 1. The number of aromatic nitrogens is 1. The molecule has 0 spiro atoms. The summed E-state index contributed by atoms with van der Waals surface area (Å²) in [4.78, 5) is 17.0. The summed E-state index contributed by atoms with van der Waals surface area (Å²) in [5, 5.41) is 3.92. The summed E-state index contributed by atoms with van der Waals surface area (Å²) >= 11 is 0. The van der Waals surface area contributed by atoms with E-state index in [-0.39, 0.29) is 18.3 Å².